The number of benzene rings is 1. The minimum Gasteiger partial charge on any atom is -0.395 e. The topological polar surface area (TPSA) is 66.4 Å². The summed E-state index contributed by atoms with van der Waals surface area (Å²) < 4.78 is 27.7. The van der Waals surface area contributed by atoms with E-state index in [4.69, 9.17) is 5.11 Å². The molecule has 0 spiro atoms. The summed E-state index contributed by atoms with van der Waals surface area (Å²) in [5, 5.41) is 8.75. The molecule has 1 aromatic carbocycles. The Kier molecular flexibility index (Phi) is 5.40. The van der Waals surface area contributed by atoms with Crippen LogP contribution in [-0.4, -0.2) is 26.2 Å². The van der Waals surface area contributed by atoms with Gasteiger partial charge in [0, 0.05) is 18.0 Å². The van der Waals surface area contributed by atoms with Crippen LogP contribution in [-0.2, 0) is 10.0 Å². The van der Waals surface area contributed by atoms with Crippen molar-refractivity contribution in [1.82, 2.24) is 4.72 Å². The second kappa shape index (κ2) is 7.08. The van der Waals surface area contributed by atoms with E-state index in [2.05, 4.69) is 23.5 Å². The maximum absolute atomic E-state index is 12.5. The van der Waals surface area contributed by atoms with Gasteiger partial charge in [-0.25, -0.2) is 13.1 Å². The first kappa shape index (κ1) is 16.0. The molecule has 1 fully saturated rings. The van der Waals surface area contributed by atoms with E-state index in [9.17, 15) is 8.42 Å². The van der Waals surface area contributed by atoms with E-state index in [1.54, 1.807) is 24.3 Å². The van der Waals surface area contributed by atoms with Crippen molar-refractivity contribution in [2.75, 3.05) is 6.61 Å². The van der Waals surface area contributed by atoms with Gasteiger partial charge in [0.05, 0.1) is 11.5 Å². The van der Waals surface area contributed by atoms with Gasteiger partial charge in [-0.1, -0.05) is 37.3 Å². The molecule has 1 saturated carbocycles. The zero-order valence-corrected chi connectivity index (χ0v) is 13.0. The first-order chi connectivity index (χ1) is 10.1. The van der Waals surface area contributed by atoms with E-state index in [-0.39, 0.29) is 17.5 Å². The van der Waals surface area contributed by atoms with Crippen LogP contribution < -0.4 is 4.72 Å². The molecule has 21 heavy (non-hydrogen) atoms. The normalized spacial score (nSPS) is 20.7. The molecule has 0 saturated heterocycles. The number of rotatable bonds is 6. The lowest BCUT2D eigenvalue weighted by atomic mass is 10.2. The Hall–Kier alpha value is -1.35. The maximum atomic E-state index is 12.5. The summed E-state index contributed by atoms with van der Waals surface area (Å²) in [5.74, 6) is 6.06. The van der Waals surface area contributed by atoms with Gasteiger partial charge in [-0.3, -0.25) is 0 Å². The number of nitrogens with one attached hydrogen (secondary N) is 1. The second-order valence-corrected chi connectivity index (χ2v) is 6.97. The van der Waals surface area contributed by atoms with E-state index in [1.165, 1.54) is 0 Å². The van der Waals surface area contributed by atoms with Gasteiger partial charge in [0.15, 0.2) is 0 Å². The fourth-order valence-corrected chi connectivity index (χ4v) is 3.84. The number of sulfonamides is 1. The van der Waals surface area contributed by atoms with E-state index in [0.29, 0.717) is 17.9 Å². The quantitative estimate of drug-likeness (QED) is 0.789. The zero-order valence-electron chi connectivity index (χ0n) is 12.2. The van der Waals surface area contributed by atoms with E-state index in [1.807, 2.05) is 0 Å². The lowest BCUT2D eigenvalue weighted by Gasteiger charge is -2.08. The van der Waals surface area contributed by atoms with Gasteiger partial charge < -0.3 is 5.11 Å². The molecule has 0 aromatic heterocycles. The molecule has 4 nitrogen and oxygen atoms in total. The molecule has 114 valence electrons. The predicted octanol–water partition coefficient (Wildman–Crippen LogP) is 1.89. The highest BCUT2D eigenvalue weighted by atomic mass is 32.2. The Morgan fingerprint density at radius 3 is 2.86 bits per heavy atom. The third-order valence-electron chi connectivity index (χ3n) is 3.53. The highest BCUT2D eigenvalue weighted by Gasteiger charge is 2.39. The molecule has 0 amide bonds. The van der Waals surface area contributed by atoms with Crippen molar-refractivity contribution in [1.29, 1.82) is 0 Å². The summed E-state index contributed by atoms with van der Waals surface area (Å²) in [4.78, 5) is 0.220. The molecular weight excluding hydrogens is 286 g/mol. The standard InChI is InChI=1S/C16H21NO3S/c1-2-7-14-12-15(14)17-21(19,20)16-10-4-3-8-13(16)9-5-6-11-18/h3-4,8,10,14-15,17-18H,2,6-7,11-12H2,1H3. The smallest absolute Gasteiger partial charge is 0.242 e. The Bertz CT molecular complexity index is 643. The van der Waals surface area contributed by atoms with Crippen molar-refractivity contribution in [2.45, 2.75) is 43.5 Å². The average Bonchev–Trinajstić information content (AvgIpc) is 3.17. The third kappa shape index (κ3) is 4.31. The van der Waals surface area contributed by atoms with Crippen LogP contribution in [0.1, 0.15) is 38.2 Å². The largest absolute Gasteiger partial charge is 0.395 e. The van der Waals surface area contributed by atoms with Gasteiger partial charge in [0.25, 0.3) is 0 Å². The van der Waals surface area contributed by atoms with Crippen molar-refractivity contribution in [2.24, 2.45) is 5.92 Å². The van der Waals surface area contributed by atoms with Crippen LogP contribution in [0.5, 0.6) is 0 Å². The predicted molar refractivity (Wildman–Crippen MR) is 82.1 cm³/mol. The lowest BCUT2D eigenvalue weighted by Crippen LogP contribution is -2.27. The zero-order chi connectivity index (χ0) is 15.3. The fourth-order valence-electron chi connectivity index (χ4n) is 2.36. The van der Waals surface area contributed by atoms with Gasteiger partial charge in [0.1, 0.15) is 0 Å². The SMILES string of the molecule is CCCC1CC1NS(=O)(=O)c1ccccc1C#CCCO. The van der Waals surface area contributed by atoms with Crippen LogP contribution in [0.25, 0.3) is 0 Å². The van der Waals surface area contributed by atoms with Gasteiger partial charge >= 0.3 is 0 Å². The number of aliphatic hydroxyl groups excluding tert-OH is 1. The molecule has 2 N–H and O–H groups in total. The van der Waals surface area contributed by atoms with E-state index >= 15 is 0 Å². The van der Waals surface area contributed by atoms with Crippen LogP contribution in [0, 0.1) is 17.8 Å². The van der Waals surface area contributed by atoms with Crippen LogP contribution in [0.15, 0.2) is 29.2 Å². The average molecular weight is 307 g/mol. The van der Waals surface area contributed by atoms with Gasteiger partial charge in [-0.05, 0) is 30.9 Å². The summed E-state index contributed by atoms with van der Waals surface area (Å²) >= 11 is 0. The van der Waals surface area contributed by atoms with E-state index in [0.717, 1.165) is 19.3 Å². The van der Waals surface area contributed by atoms with Crippen molar-refractivity contribution in [3.8, 4) is 11.8 Å². The van der Waals surface area contributed by atoms with Crippen LogP contribution in [0.4, 0.5) is 0 Å². The lowest BCUT2D eigenvalue weighted by molar-refractivity contribution is 0.305. The number of aliphatic hydroxyl groups is 1. The summed E-state index contributed by atoms with van der Waals surface area (Å²) in [6.07, 6.45) is 3.39. The maximum Gasteiger partial charge on any atom is 0.242 e. The van der Waals surface area contributed by atoms with Gasteiger partial charge in [-0.15, -0.1) is 0 Å². The van der Waals surface area contributed by atoms with Crippen LogP contribution in [0.3, 0.4) is 0 Å². The highest BCUT2D eigenvalue weighted by molar-refractivity contribution is 7.89. The Morgan fingerprint density at radius 1 is 1.38 bits per heavy atom. The molecule has 1 aliphatic carbocycles. The van der Waals surface area contributed by atoms with Gasteiger partial charge in [-0.2, -0.15) is 0 Å². The van der Waals surface area contributed by atoms with Crippen molar-refractivity contribution in [3.63, 3.8) is 0 Å². The molecule has 0 radical (unpaired) electrons. The van der Waals surface area contributed by atoms with Crippen molar-refractivity contribution < 1.29 is 13.5 Å². The minimum atomic E-state index is -3.53. The molecule has 2 atom stereocenters. The molecule has 1 aliphatic rings. The first-order valence-corrected chi connectivity index (χ1v) is 8.78. The molecule has 1 aromatic rings. The number of hydrogen-bond acceptors (Lipinski definition) is 3. The Labute approximate surface area is 126 Å². The Balaban J connectivity index is 2.15. The molecule has 0 bridgehead atoms. The highest BCUT2D eigenvalue weighted by Crippen LogP contribution is 2.35. The van der Waals surface area contributed by atoms with Crippen molar-refractivity contribution in [3.05, 3.63) is 29.8 Å². The second-order valence-electron chi connectivity index (χ2n) is 5.28. The Morgan fingerprint density at radius 2 is 2.14 bits per heavy atom. The van der Waals surface area contributed by atoms with Crippen LogP contribution in [0.2, 0.25) is 0 Å². The monoisotopic (exact) mass is 307 g/mol. The molecular formula is C16H21NO3S. The summed E-state index contributed by atoms with van der Waals surface area (Å²) in [5.41, 5.74) is 0.478. The summed E-state index contributed by atoms with van der Waals surface area (Å²) in [6.45, 7) is 2.08. The molecule has 2 unspecified atom stereocenters. The fraction of sp³-hybridized carbons (Fsp3) is 0.500. The van der Waals surface area contributed by atoms with Crippen LogP contribution >= 0.6 is 0 Å². The van der Waals surface area contributed by atoms with Gasteiger partial charge in [0.2, 0.25) is 10.0 Å². The number of hydrogen-bond donors (Lipinski definition) is 2. The summed E-state index contributed by atoms with van der Waals surface area (Å²) in [6, 6.07) is 6.78. The van der Waals surface area contributed by atoms with E-state index < -0.39 is 10.0 Å². The third-order valence-corrected chi connectivity index (χ3v) is 5.07. The molecule has 0 heterocycles. The first-order valence-electron chi connectivity index (χ1n) is 7.29. The molecule has 5 heteroatoms. The van der Waals surface area contributed by atoms with Crippen molar-refractivity contribution >= 4 is 10.0 Å². The molecule has 2 rings (SSSR count). The minimum absolute atomic E-state index is 0.0268. The molecule has 0 aliphatic heterocycles. The summed E-state index contributed by atoms with van der Waals surface area (Å²) in [7, 11) is -3.53.